The summed E-state index contributed by atoms with van der Waals surface area (Å²) in [6.45, 7) is 0. The summed E-state index contributed by atoms with van der Waals surface area (Å²) in [5.41, 5.74) is 11.0. The predicted molar refractivity (Wildman–Crippen MR) is 268 cm³/mol. The van der Waals surface area contributed by atoms with Gasteiger partial charge in [0.25, 0.3) is 0 Å². The van der Waals surface area contributed by atoms with Crippen molar-refractivity contribution in [3.63, 3.8) is 0 Å². The third kappa shape index (κ3) is 6.63. The summed E-state index contributed by atoms with van der Waals surface area (Å²) in [5.74, 6) is 0. The monoisotopic (exact) mass is 883 g/mol. The number of para-hydroxylation sites is 2. The lowest BCUT2D eigenvalue weighted by Crippen LogP contribution is -2.09. The van der Waals surface area contributed by atoms with Crippen LogP contribution in [-0.2, 0) is 6.18 Å². The standard InChI is InChI=1S/C60H36F3N5/c61-60(62,63)51-24-10-7-19-45(51)50-36-54(67-52-25-11-8-20-46(52)48-29-27-40(33-55(48)67)43-22-13-31-65-58(43)38-15-3-1-4-16-38)42(37-64)35-57(50)68-53-26-12-9-21-47(53)49-30-28-41(34-56(49)68)44-23-14-32-66-59(44)39-17-5-2-6-18-39/h1-36H. The Morgan fingerprint density at radius 1 is 0.382 bits per heavy atom. The van der Waals surface area contributed by atoms with Gasteiger partial charge in [0.1, 0.15) is 6.07 Å². The molecule has 68 heavy (non-hydrogen) atoms. The van der Waals surface area contributed by atoms with Gasteiger partial charge in [-0.15, -0.1) is 0 Å². The molecule has 4 aromatic heterocycles. The van der Waals surface area contributed by atoms with E-state index < -0.39 is 11.7 Å². The van der Waals surface area contributed by atoms with Gasteiger partial charge in [0.2, 0.25) is 0 Å². The van der Waals surface area contributed by atoms with Crippen LogP contribution in [0.1, 0.15) is 11.1 Å². The van der Waals surface area contributed by atoms with Crippen LogP contribution in [0.4, 0.5) is 13.2 Å². The number of hydrogen-bond acceptors (Lipinski definition) is 3. The summed E-state index contributed by atoms with van der Waals surface area (Å²) in [6.07, 6.45) is -1.14. The maximum Gasteiger partial charge on any atom is 0.417 e. The molecule has 0 aliphatic rings. The van der Waals surface area contributed by atoms with Gasteiger partial charge in [-0.3, -0.25) is 9.97 Å². The molecule has 0 N–H and O–H groups in total. The van der Waals surface area contributed by atoms with Gasteiger partial charge < -0.3 is 9.13 Å². The Labute approximate surface area is 388 Å². The van der Waals surface area contributed by atoms with Gasteiger partial charge in [0.15, 0.2) is 0 Å². The van der Waals surface area contributed by atoms with E-state index in [0.29, 0.717) is 16.9 Å². The molecule has 5 nitrogen and oxygen atoms in total. The molecule has 0 saturated heterocycles. The molecule has 8 heteroatoms. The van der Waals surface area contributed by atoms with Crippen molar-refractivity contribution in [2.45, 2.75) is 6.18 Å². The molecule has 0 atom stereocenters. The van der Waals surface area contributed by atoms with Crippen molar-refractivity contribution in [1.82, 2.24) is 19.1 Å². The lowest BCUT2D eigenvalue weighted by atomic mass is 9.94. The van der Waals surface area contributed by atoms with Crippen molar-refractivity contribution in [1.29, 1.82) is 5.26 Å². The second-order valence-electron chi connectivity index (χ2n) is 16.7. The molecule has 0 unspecified atom stereocenters. The molecule has 0 bridgehead atoms. The highest BCUT2D eigenvalue weighted by Crippen LogP contribution is 2.46. The number of nitrogens with zero attached hydrogens (tertiary/aromatic N) is 5. The van der Waals surface area contributed by atoms with Crippen LogP contribution >= 0.6 is 0 Å². The quantitative estimate of drug-likeness (QED) is 0.160. The molecule has 322 valence electrons. The fourth-order valence-corrected chi connectivity index (χ4v) is 9.94. The zero-order valence-electron chi connectivity index (χ0n) is 36.2. The van der Waals surface area contributed by atoms with Gasteiger partial charge in [-0.1, -0.05) is 152 Å². The Hall–Kier alpha value is -9.06. The van der Waals surface area contributed by atoms with E-state index in [4.69, 9.17) is 9.97 Å². The first kappa shape index (κ1) is 40.4. The van der Waals surface area contributed by atoms with Crippen molar-refractivity contribution in [3.8, 4) is 73.3 Å². The van der Waals surface area contributed by atoms with Crippen LogP contribution in [0.3, 0.4) is 0 Å². The van der Waals surface area contributed by atoms with E-state index >= 15 is 13.2 Å². The molecule has 8 aromatic carbocycles. The Bertz CT molecular complexity index is 3970. The van der Waals surface area contributed by atoms with E-state index in [0.717, 1.165) is 94.4 Å². The zero-order chi connectivity index (χ0) is 45.9. The molecule has 0 fully saturated rings. The maximum absolute atomic E-state index is 15.4. The summed E-state index contributed by atoms with van der Waals surface area (Å²) in [6, 6.07) is 67.9. The number of nitriles is 1. The van der Waals surface area contributed by atoms with Gasteiger partial charge in [-0.2, -0.15) is 18.4 Å². The molecule has 0 saturated carbocycles. The topological polar surface area (TPSA) is 59.4 Å². The van der Waals surface area contributed by atoms with Gasteiger partial charge in [0, 0.05) is 61.8 Å². The Morgan fingerprint density at radius 3 is 1.37 bits per heavy atom. The molecule has 12 rings (SSSR count). The number of rotatable bonds is 7. The smallest absolute Gasteiger partial charge is 0.309 e. The van der Waals surface area contributed by atoms with Gasteiger partial charge in [0.05, 0.1) is 56.0 Å². The van der Waals surface area contributed by atoms with E-state index in [2.05, 4.69) is 42.5 Å². The van der Waals surface area contributed by atoms with Gasteiger partial charge in [-0.25, -0.2) is 0 Å². The van der Waals surface area contributed by atoms with Crippen LogP contribution in [0.15, 0.2) is 219 Å². The summed E-state index contributed by atoms with van der Waals surface area (Å²) >= 11 is 0. The molecular weight excluding hydrogens is 848 g/mol. The average Bonchev–Trinajstić information content (AvgIpc) is 3.90. The minimum Gasteiger partial charge on any atom is -0.309 e. The molecule has 4 heterocycles. The van der Waals surface area contributed by atoms with Crippen LogP contribution < -0.4 is 0 Å². The third-order valence-electron chi connectivity index (χ3n) is 12.9. The van der Waals surface area contributed by atoms with Crippen LogP contribution in [0.5, 0.6) is 0 Å². The first-order chi connectivity index (χ1) is 33.4. The molecule has 0 amide bonds. The SMILES string of the molecule is N#Cc1cc(-n2c3ccccc3c3ccc(-c4cccnc4-c4ccccc4)cc32)c(-c2ccccc2C(F)(F)F)cc1-n1c2ccccc2c2ccc(-c3cccnc3-c3ccccc3)cc21. The van der Waals surface area contributed by atoms with Crippen LogP contribution in [-0.4, -0.2) is 19.1 Å². The molecule has 0 aliphatic heterocycles. The molecule has 0 radical (unpaired) electrons. The molecule has 0 aliphatic carbocycles. The summed E-state index contributed by atoms with van der Waals surface area (Å²) in [4.78, 5) is 9.60. The summed E-state index contributed by atoms with van der Waals surface area (Å²) < 4.78 is 50.1. The van der Waals surface area contributed by atoms with Gasteiger partial charge >= 0.3 is 6.18 Å². The molecule has 12 aromatic rings. The second kappa shape index (κ2) is 16.1. The normalized spacial score (nSPS) is 11.7. The highest BCUT2D eigenvalue weighted by atomic mass is 19.4. The number of aromatic nitrogens is 4. The Morgan fingerprint density at radius 2 is 0.838 bits per heavy atom. The lowest BCUT2D eigenvalue weighted by molar-refractivity contribution is -0.137. The number of hydrogen-bond donors (Lipinski definition) is 0. The minimum atomic E-state index is -4.69. The fourth-order valence-electron chi connectivity index (χ4n) is 9.94. The van der Waals surface area contributed by atoms with Crippen molar-refractivity contribution in [3.05, 3.63) is 230 Å². The predicted octanol–water partition coefficient (Wildman–Crippen LogP) is 15.9. The average molecular weight is 884 g/mol. The number of pyridine rings is 2. The molecular formula is C60H36F3N5. The number of fused-ring (bicyclic) bond motifs is 6. The zero-order valence-corrected chi connectivity index (χ0v) is 36.2. The summed E-state index contributed by atoms with van der Waals surface area (Å²) in [5, 5.41) is 15.0. The van der Waals surface area contributed by atoms with Gasteiger partial charge in [-0.05, 0) is 71.3 Å². The number of halogens is 3. The number of alkyl halides is 3. The van der Waals surface area contributed by atoms with Crippen LogP contribution in [0, 0.1) is 11.3 Å². The first-order valence-corrected chi connectivity index (χ1v) is 22.2. The van der Waals surface area contributed by atoms with E-state index in [9.17, 15) is 5.26 Å². The van der Waals surface area contributed by atoms with Crippen LogP contribution in [0.25, 0.3) is 111 Å². The van der Waals surface area contributed by atoms with E-state index in [-0.39, 0.29) is 11.1 Å². The highest BCUT2D eigenvalue weighted by Gasteiger charge is 2.35. The first-order valence-electron chi connectivity index (χ1n) is 22.2. The maximum atomic E-state index is 15.4. The van der Waals surface area contributed by atoms with Crippen molar-refractivity contribution < 1.29 is 13.2 Å². The largest absolute Gasteiger partial charge is 0.417 e. The number of benzene rings is 8. The lowest BCUT2D eigenvalue weighted by Gasteiger charge is -2.21. The van der Waals surface area contributed by atoms with E-state index in [1.165, 1.54) is 12.1 Å². The highest BCUT2D eigenvalue weighted by molar-refractivity contribution is 6.12. The minimum absolute atomic E-state index is 0.00855. The third-order valence-corrected chi connectivity index (χ3v) is 12.9. The van der Waals surface area contributed by atoms with Crippen LogP contribution in [0.2, 0.25) is 0 Å². The van der Waals surface area contributed by atoms with Crippen molar-refractivity contribution in [2.75, 3.05) is 0 Å². The molecule has 0 spiro atoms. The Kier molecular flexibility index (Phi) is 9.59. The van der Waals surface area contributed by atoms with Crippen molar-refractivity contribution in [2.24, 2.45) is 0 Å². The fraction of sp³-hybridized carbons (Fsp3) is 0.0167. The second-order valence-corrected chi connectivity index (χ2v) is 16.7. The van der Waals surface area contributed by atoms with E-state index in [1.54, 1.807) is 30.6 Å². The van der Waals surface area contributed by atoms with Crippen molar-refractivity contribution >= 4 is 43.6 Å². The summed E-state index contributed by atoms with van der Waals surface area (Å²) in [7, 11) is 0. The van der Waals surface area contributed by atoms with E-state index in [1.807, 2.05) is 143 Å². The Balaban J connectivity index is 1.16.